The average molecular weight is 315 g/mol. The third-order valence-corrected chi connectivity index (χ3v) is 2.99. The minimum Gasteiger partial charge on any atom is -0.342 e. The van der Waals surface area contributed by atoms with Gasteiger partial charge in [-0.15, -0.1) is 0 Å². The van der Waals surface area contributed by atoms with Gasteiger partial charge in [0, 0.05) is 36.1 Å². The summed E-state index contributed by atoms with van der Waals surface area (Å²) in [5, 5.41) is 10.5. The largest absolute Gasteiger partial charge is 0.342 e. The predicted molar refractivity (Wildman–Crippen MR) is 73.1 cm³/mol. The summed E-state index contributed by atoms with van der Waals surface area (Å²) >= 11 is 3.42. The first-order chi connectivity index (χ1) is 8.41. The zero-order valence-electron chi connectivity index (χ0n) is 10.3. The van der Waals surface area contributed by atoms with E-state index in [2.05, 4.69) is 15.9 Å². The van der Waals surface area contributed by atoms with E-state index in [1.165, 1.54) is 24.3 Å². The Labute approximate surface area is 114 Å². The van der Waals surface area contributed by atoms with E-state index in [4.69, 9.17) is 0 Å². The summed E-state index contributed by atoms with van der Waals surface area (Å²) in [6.07, 6.45) is 0.856. The zero-order chi connectivity index (χ0) is 13.7. The highest BCUT2D eigenvalue weighted by Crippen LogP contribution is 2.13. The van der Waals surface area contributed by atoms with E-state index in [9.17, 15) is 14.9 Å². The topological polar surface area (TPSA) is 63.5 Å². The number of non-ortho nitro benzene ring substituents is 1. The average Bonchev–Trinajstić information content (AvgIpc) is 2.35. The van der Waals surface area contributed by atoms with Crippen LogP contribution in [0.3, 0.4) is 0 Å². The van der Waals surface area contributed by atoms with E-state index in [0.717, 1.165) is 6.42 Å². The van der Waals surface area contributed by atoms with Crippen molar-refractivity contribution < 1.29 is 9.72 Å². The second-order valence-electron chi connectivity index (χ2n) is 4.10. The molecule has 0 N–H and O–H groups in total. The molecule has 0 radical (unpaired) electrons. The molecule has 1 rings (SSSR count). The lowest BCUT2D eigenvalue weighted by molar-refractivity contribution is -0.384. The van der Waals surface area contributed by atoms with Crippen LogP contribution in [0.1, 0.15) is 23.7 Å². The van der Waals surface area contributed by atoms with Gasteiger partial charge in [-0.05, 0) is 18.6 Å². The molecule has 0 fully saturated rings. The first-order valence-electron chi connectivity index (χ1n) is 5.56. The van der Waals surface area contributed by atoms with Crippen LogP contribution in [-0.4, -0.2) is 34.2 Å². The minimum atomic E-state index is -0.482. The number of hydrogen-bond donors (Lipinski definition) is 0. The van der Waals surface area contributed by atoms with Gasteiger partial charge in [-0.1, -0.05) is 22.9 Å². The fraction of sp³-hybridized carbons (Fsp3) is 0.417. The number of benzene rings is 1. The van der Waals surface area contributed by atoms with Gasteiger partial charge in [0.1, 0.15) is 0 Å². The Bertz CT molecular complexity index is 431. The zero-order valence-corrected chi connectivity index (χ0v) is 11.9. The standard InChI is InChI=1S/C12H15BrN2O3/c1-9(13)7-8-14(2)12(16)10-3-5-11(6-4-10)15(17)18/h3-6,9H,7-8H2,1-2H3. The van der Waals surface area contributed by atoms with E-state index < -0.39 is 4.92 Å². The Hall–Kier alpha value is -1.43. The van der Waals surface area contributed by atoms with Gasteiger partial charge in [0.15, 0.2) is 0 Å². The predicted octanol–water partition coefficient (Wildman–Crippen LogP) is 2.84. The molecule has 5 nitrogen and oxygen atoms in total. The van der Waals surface area contributed by atoms with Gasteiger partial charge >= 0.3 is 0 Å². The summed E-state index contributed by atoms with van der Waals surface area (Å²) in [5.41, 5.74) is 0.452. The molecule has 1 atom stereocenters. The van der Waals surface area contributed by atoms with Crippen LogP contribution in [0, 0.1) is 10.1 Å². The molecule has 1 amide bonds. The highest BCUT2D eigenvalue weighted by atomic mass is 79.9. The molecular weight excluding hydrogens is 300 g/mol. The summed E-state index contributed by atoms with van der Waals surface area (Å²) in [6, 6.07) is 5.64. The van der Waals surface area contributed by atoms with Gasteiger partial charge in [-0.3, -0.25) is 14.9 Å². The summed E-state index contributed by atoms with van der Waals surface area (Å²) in [5.74, 6) is -0.127. The molecular formula is C12H15BrN2O3. The van der Waals surface area contributed by atoms with Crippen LogP contribution in [0.4, 0.5) is 5.69 Å². The van der Waals surface area contributed by atoms with E-state index >= 15 is 0 Å². The molecule has 0 heterocycles. The number of nitro benzene ring substituents is 1. The van der Waals surface area contributed by atoms with Crippen molar-refractivity contribution in [2.45, 2.75) is 18.2 Å². The maximum Gasteiger partial charge on any atom is 0.269 e. The number of halogens is 1. The van der Waals surface area contributed by atoms with Gasteiger partial charge in [-0.25, -0.2) is 0 Å². The van der Waals surface area contributed by atoms with Gasteiger partial charge in [0.2, 0.25) is 0 Å². The number of carbonyl (C=O) groups excluding carboxylic acids is 1. The molecule has 0 aromatic heterocycles. The molecule has 0 aliphatic carbocycles. The van der Waals surface area contributed by atoms with Crippen LogP contribution in [-0.2, 0) is 0 Å². The van der Waals surface area contributed by atoms with Crippen molar-refractivity contribution in [3.8, 4) is 0 Å². The number of alkyl halides is 1. The van der Waals surface area contributed by atoms with Crippen molar-refractivity contribution in [1.29, 1.82) is 0 Å². The third kappa shape index (κ3) is 4.10. The lowest BCUT2D eigenvalue weighted by Gasteiger charge is -2.17. The fourth-order valence-corrected chi connectivity index (χ4v) is 1.62. The monoisotopic (exact) mass is 314 g/mol. The number of nitro groups is 1. The van der Waals surface area contributed by atoms with E-state index in [0.29, 0.717) is 16.9 Å². The van der Waals surface area contributed by atoms with Crippen molar-refractivity contribution in [2.24, 2.45) is 0 Å². The smallest absolute Gasteiger partial charge is 0.269 e. The Morgan fingerprint density at radius 3 is 2.44 bits per heavy atom. The normalized spacial score (nSPS) is 11.9. The molecule has 0 aliphatic heterocycles. The molecule has 0 spiro atoms. The molecule has 1 aromatic carbocycles. The second kappa shape index (κ2) is 6.49. The van der Waals surface area contributed by atoms with Gasteiger partial charge in [-0.2, -0.15) is 0 Å². The van der Waals surface area contributed by atoms with Gasteiger partial charge < -0.3 is 4.90 Å². The molecule has 0 bridgehead atoms. The summed E-state index contributed by atoms with van der Waals surface area (Å²) in [6.45, 7) is 2.66. The van der Waals surface area contributed by atoms with Crippen LogP contribution in [0.2, 0.25) is 0 Å². The van der Waals surface area contributed by atoms with E-state index in [1.807, 2.05) is 6.92 Å². The van der Waals surface area contributed by atoms with E-state index in [-0.39, 0.29) is 11.6 Å². The highest BCUT2D eigenvalue weighted by Gasteiger charge is 2.13. The number of rotatable bonds is 5. The Morgan fingerprint density at radius 2 is 2.00 bits per heavy atom. The van der Waals surface area contributed by atoms with Crippen LogP contribution in [0.15, 0.2) is 24.3 Å². The van der Waals surface area contributed by atoms with Crippen molar-refractivity contribution in [2.75, 3.05) is 13.6 Å². The SMILES string of the molecule is CC(Br)CCN(C)C(=O)c1ccc([N+](=O)[O-])cc1. The molecule has 0 saturated carbocycles. The summed E-state index contributed by atoms with van der Waals surface area (Å²) in [4.78, 5) is 24.0. The first kappa shape index (κ1) is 14.6. The fourth-order valence-electron chi connectivity index (χ4n) is 1.42. The Kier molecular flexibility index (Phi) is 5.27. The van der Waals surface area contributed by atoms with Crippen molar-refractivity contribution in [1.82, 2.24) is 4.90 Å². The molecule has 0 aliphatic rings. The van der Waals surface area contributed by atoms with Crippen molar-refractivity contribution >= 4 is 27.5 Å². The number of carbonyl (C=O) groups is 1. The van der Waals surface area contributed by atoms with Crippen LogP contribution >= 0.6 is 15.9 Å². The first-order valence-corrected chi connectivity index (χ1v) is 6.47. The third-order valence-electron chi connectivity index (χ3n) is 2.53. The molecule has 1 unspecified atom stereocenters. The molecule has 98 valence electrons. The van der Waals surface area contributed by atoms with Gasteiger partial charge in [0.05, 0.1) is 4.92 Å². The second-order valence-corrected chi connectivity index (χ2v) is 5.66. The number of nitrogens with zero attached hydrogens (tertiary/aromatic N) is 2. The van der Waals surface area contributed by atoms with Gasteiger partial charge in [0.25, 0.3) is 11.6 Å². The summed E-state index contributed by atoms with van der Waals surface area (Å²) in [7, 11) is 1.72. The van der Waals surface area contributed by atoms with Crippen LogP contribution in [0.5, 0.6) is 0 Å². The van der Waals surface area contributed by atoms with Crippen molar-refractivity contribution in [3.05, 3.63) is 39.9 Å². The Balaban J connectivity index is 2.69. The summed E-state index contributed by atoms with van der Waals surface area (Å²) < 4.78 is 0. The maximum absolute atomic E-state index is 12.0. The lowest BCUT2D eigenvalue weighted by Crippen LogP contribution is -2.28. The van der Waals surface area contributed by atoms with E-state index in [1.54, 1.807) is 11.9 Å². The molecule has 0 saturated heterocycles. The Morgan fingerprint density at radius 1 is 1.44 bits per heavy atom. The molecule has 6 heteroatoms. The number of amides is 1. The quantitative estimate of drug-likeness (QED) is 0.477. The molecule has 1 aromatic rings. The van der Waals surface area contributed by atoms with Crippen LogP contribution < -0.4 is 0 Å². The maximum atomic E-state index is 12.0. The lowest BCUT2D eigenvalue weighted by atomic mass is 10.2. The van der Waals surface area contributed by atoms with Crippen LogP contribution in [0.25, 0.3) is 0 Å². The highest BCUT2D eigenvalue weighted by molar-refractivity contribution is 9.09. The number of hydrogen-bond acceptors (Lipinski definition) is 3. The molecule has 18 heavy (non-hydrogen) atoms. The minimum absolute atomic E-state index is 0.0108. The van der Waals surface area contributed by atoms with Crippen molar-refractivity contribution in [3.63, 3.8) is 0 Å².